The van der Waals surface area contributed by atoms with Gasteiger partial charge in [0.05, 0.1) is 33.5 Å². The summed E-state index contributed by atoms with van der Waals surface area (Å²) in [5, 5.41) is 4.97. The fourth-order valence-corrected chi connectivity index (χ4v) is 10.4. The third-order valence-corrected chi connectivity index (χ3v) is 13.6. The molecule has 4 heteroatoms. The van der Waals surface area contributed by atoms with Gasteiger partial charge in [0.2, 0.25) is 0 Å². The third kappa shape index (κ3) is 6.85. The van der Waals surface area contributed by atoms with Gasteiger partial charge in [-0.1, -0.05) is 158 Å². The summed E-state index contributed by atoms with van der Waals surface area (Å²) in [5.41, 5.74) is 19.9. The molecule has 0 saturated carbocycles. The lowest BCUT2D eigenvalue weighted by Crippen LogP contribution is -2.10. The van der Waals surface area contributed by atoms with Gasteiger partial charge in [-0.3, -0.25) is 0 Å². The Kier molecular flexibility index (Phi) is 9.61. The van der Waals surface area contributed by atoms with E-state index in [9.17, 15) is 0 Å². The van der Waals surface area contributed by atoms with Crippen molar-refractivity contribution in [2.45, 2.75) is 12.8 Å². The Labute approximate surface area is 395 Å². The minimum Gasteiger partial charge on any atom is -0.311 e. The van der Waals surface area contributed by atoms with E-state index in [2.05, 4.69) is 222 Å². The number of hydrogen-bond donors (Lipinski definition) is 0. The van der Waals surface area contributed by atoms with E-state index in [1.54, 1.807) is 0 Å². The molecule has 0 bridgehead atoms. The summed E-state index contributed by atoms with van der Waals surface area (Å²) in [6.07, 6.45) is 6.80. The highest BCUT2D eigenvalue weighted by molar-refractivity contribution is 6.12. The molecule has 4 nitrogen and oxygen atoms in total. The van der Waals surface area contributed by atoms with E-state index in [1.165, 1.54) is 66.0 Å². The summed E-state index contributed by atoms with van der Waals surface area (Å²) in [6.45, 7) is 0. The molecule has 0 fully saturated rings. The Morgan fingerprint density at radius 2 is 0.926 bits per heavy atom. The molecule has 0 saturated heterocycles. The molecule has 0 atom stereocenters. The van der Waals surface area contributed by atoms with E-state index < -0.39 is 0 Å². The van der Waals surface area contributed by atoms with E-state index in [-0.39, 0.29) is 0 Å². The first-order chi connectivity index (χ1) is 33.7. The molecule has 12 aromatic rings. The molecular formula is C64H44N4. The van der Waals surface area contributed by atoms with Crippen molar-refractivity contribution in [3.8, 4) is 50.5 Å². The number of aromatic nitrogens is 3. The van der Waals surface area contributed by atoms with Gasteiger partial charge in [0.1, 0.15) is 0 Å². The van der Waals surface area contributed by atoms with Gasteiger partial charge in [-0.15, -0.1) is 0 Å². The van der Waals surface area contributed by atoms with Crippen molar-refractivity contribution in [1.29, 1.82) is 0 Å². The molecule has 1 aliphatic carbocycles. The van der Waals surface area contributed by atoms with E-state index in [0.717, 1.165) is 69.1 Å². The van der Waals surface area contributed by atoms with E-state index in [1.807, 2.05) is 30.3 Å². The van der Waals surface area contributed by atoms with Crippen LogP contribution in [0, 0.1) is 0 Å². The molecule has 0 amide bonds. The lowest BCUT2D eigenvalue weighted by molar-refractivity contribution is 0.986. The molecule has 0 radical (unpaired) electrons. The van der Waals surface area contributed by atoms with Crippen molar-refractivity contribution >= 4 is 66.7 Å². The molecule has 0 aliphatic heterocycles. The molecule has 1 aliphatic rings. The summed E-state index contributed by atoms with van der Waals surface area (Å²) >= 11 is 0. The molecule has 0 unspecified atom stereocenters. The van der Waals surface area contributed by atoms with Crippen LogP contribution in [0.5, 0.6) is 0 Å². The highest BCUT2D eigenvalue weighted by atomic mass is 15.1. The van der Waals surface area contributed by atoms with Gasteiger partial charge in [0, 0.05) is 44.6 Å². The zero-order valence-corrected chi connectivity index (χ0v) is 37.3. The second-order valence-electron chi connectivity index (χ2n) is 17.7. The smallest absolute Gasteiger partial charge is 0.0973 e. The number of rotatable bonds is 8. The molecule has 2 aromatic heterocycles. The second-order valence-corrected chi connectivity index (χ2v) is 17.7. The Morgan fingerprint density at radius 3 is 1.63 bits per heavy atom. The van der Waals surface area contributed by atoms with Crippen LogP contribution in [0.15, 0.2) is 237 Å². The molecule has 68 heavy (non-hydrogen) atoms. The van der Waals surface area contributed by atoms with Crippen LogP contribution in [0.1, 0.15) is 17.5 Å². The molecular weight excluding hydrogens is 825 g/mol. The number of fused-ring (bicyclic) bond motifs is 6. The van der Waals surface area contributed by atoms with Gasteiger partial charge in [-0.2, -0.15) is 0 Å². The highest BCUT2D eigenvalue weighted by Crippen LogP contribution is 2.42. The minimum atomic E-state index is 0.861. The molecule has 10 aromatic carbocycles. The number of benzene rings is 10. The zero-order chi connectivity index (χ0) is 45.0. The van der Waals surface area contributed by atoms with E-state index >= 15 is 0 Å². The summed E-state index contributed by atoms with van der Waals surface area (Å²) in [6, 6.07) is 82.9. The number of nitrogens with zero attached hydrogens (tertiary/aromatic N) is 4. The van der Waals surface area contributed by atoms with Crippen LogP contribution in [0.25, 0.3) is 100 Å². The predicted octanol–water partition coefficient (Wildman–Crippen LogP) is 17.0. The van der Waals surface area contributed by atoms with Gasteiger partial charge in [0.15, 0.2) is 0 Å². The lowest BCUT2D eigenvalue weighted by atomic mass is 9.89. The normalized spacial score (nSPS) is 12.2. The molecule has 2 heterocycles. The van der Waals surface area contributed by atoms with E-state index in [0.29, 0.717) is 0 Å². The van der Waals surface area contributed by atoms with Crippen LogP contribution >= 0.6 is 0 Å². The van der Waals surface area contributed by atoms with Gasteiger partial charge >= 0.3 is 0 Å². The molecule has 0 spiro atoms. The molecule has 0 N–H and O–H groups in total. The summed E-state index contributed by atoms with van der Waals surface area (Å²) in [7, 11) is 0. The van der Waals surface area contributed by atoms with Gasteiger partial charge in [-0.25, -0.2) is 9.97 Å². The summed E-state index contributed by atoms with van der Waals surface area (Å²) in [5.74, 6) is 0. The van der Waals surface area contributed by atoms with Crippen LogP contribution in [0.2, 0.25) is 0 Å². The highest BCUT2D eigenvalue weighted by Gasteiger charge is 2.20. The van der Waals surface area contributed by atoms with Gasteiger partial charge in [0.25, 0.3) is 0 Å². The quantitative estimate of drug-likeness (QED) is 0.153. The van der Waals surface area contributed by atoms with E-state index in [4.69, 9.17) is 9.97 Å². The van der Waals surface area contributed by atoms with Crippen LogP contribution in [0.3, 0.4) is 0 Å². The maximum atomic E-state index is 5.18. The largest absolute Gasteiger partial charge is 0.311 e. The maximum absolute atomic E-state index is 5.18. The van der Waals surface area contributed by atoms with Crippen LogP contribution in [-0.2, 0) is 6.42 Å². The monoisotopic (exact) mass is 868 g/mol. The van der Waals surface area contributed by atoms with Crippen LogP contribution in [0.4, 0.5) is 17.1 Å². The first kappa shape index (κ1) is 39.5. The Balaban J connectivity index is 0.927. The van der Waals surface area contributed by atoms with Crippen molar-refractivity contribution in [2.24, 2.45) is 0 Å². The SMILES string of the molecule is C1=Cc2c(cccc2-c2ccc3c(c2)c2cc(-c4cccc5ccccc45)ccc2n3-c2ccc(N(c3ccccc3)c3ccc(-c4nc5ccccc5nc4-c4ccccc4)cc3)cc2)CC1. The Morgan fingerprint density at radius 1 is 0.397 bits per heavy atom. The second kappa shape index (κ2) is 16.5. The first-order valence-corrected chi connectivity index (χ1v) is 23.5. The van der Waals surface area contributed by atoms with Crippen molar-refractivity contribution in [1.82, 2.24) is 14.5 Å². The Bertz CT molecular complexity index is 3880. The number of anilines is 3. The number of allylic oxidation sites excluding steroid dienone is 1. The first-order valence-electron chi connectivity index (χ1n) is 23.5. The Hall–Kier alpha value is -8.86. The third-order valence-electron chi connectivity index (χ3n) is 13.6. The van der Waals surface area contributed by atoms with Crippen molar-refractivity contribution < 1.29 is 0 Å². The number of hydrogen-bond acceptors (Lipinski definition) is 3. The standard InChI is InChI=1S/C64H44N4/c1-3-17-45(18-4-1)63-64(66-60-28-12-11-27-59(60)65-63)46-29-33-50(34-30-46)67(49-21-5-2-6-22-49)51-35-37-52(38-36-51)68-61-39-31-47(55-25-13-19-43-15-7-9-23-53(43)55)41-57(61)58-42-48(32-40-62(58)68)56-26-14-20-44-16-8-10-24-54(44)56/h1-7,9-15,17-42H,8,16H2. The zero-order valence-electron chi connectivity index (χ0n) is 37.3. The lowest BCUT2D eigenvalue weighted by Gasteiger charge is -2.26. The average Bonchev–Trinajstić information content (AvgIpc) is 3.74. The van der Waals surface area contributed by atoms with Gasteiger partial charge < -0.3 is 9.47 Å². The average molecular weight is 869 g/mol. The van der Waals surface area contributed by atoms with Crippen molar-refractivity contribution in [2.75, 3.05) is 4.90 Å². The van der Waals surface area contributed by atoms with Crippen LogP contribution < -0.4 is 4.90 Å². The van der Waals surface area contributed by atoms with Gasteiger partial charge in [-0.05, 0) is 142 Å². The predicted molar refractivity (Wildman–Crippen MR) is 285 cm³/mol. The molecule has 320 valence electrons. The number of para-hydroxylation sites is 3. The fourth-order valence-electron chi connectivity index (χ4n) is 10.4. The van der Waals surface area contributed by atoms with Crippen molar-refractivity contribution in [3.05, 3.63) is 248 Å². The van der Waals surface area contributed by atoms with Crippen molar-refractivity contribution in [3.63, 3.8) is 0 Å². The summed E-state index contributed by atoms with van der Waals surface area (Å²) < 4.78 is 2.43. The minimum absolute atomic E-state index is 0.861. The fraction of sp³-hybridized carbons (Fsp3) is 0.0312. The maximum Gasteiger partial charge on any atom is 0.0973 e. The number of aryl methyl sites for hydroxylation is 1. The summed E-state index contributed by atoms with van der Waals surface area (Å²) in [4.78, 5) is 12.6. The molecule has 13 rings (SSSR count). The van der Waals surface area contributed by atoms with Crippen LogP contribution in [-0.4, -0.2) is 14.5 Å². The topological polar surface area (TPSA) is 34.0 Å².